The molecule has 2 aromatic carbocycles. The number of likely N-dealkylation sites (tertiary alicyclic amines) is 1. The van der Waals surface area contributed by atoms with E-state index in [9.17, 15) is 13.2 Å². The third-order valence-corrected chi connectivity index (χ3v) is 7.76. The molecule has 3 rings (SSSR count). The largest absolute Gasteiger partial charge is 0.332 e. The van der Waals surface area contributed by atoms with Gasteiger partial charge in [-0.2, -0.15) is 4.31 Å². The average molecular weight is 465 g/mol. The summed E-state index contributed by atoms with van der Waals surface area (Å²) in [6.45, 7) is 4.30. The lowest BCUT2D eigenvalue weighted by atomic mass is 10.0. The van der Waals surface area contributed by atoms with Crippen molar-refractivity contribution in [2.24, 2.45) is 0 Å². The fourth-order valence-electron chi connectivity index (χ4n) is 3.47. The molecule has 0 aliphatic carbocycles. The normalized spacial score (nSPS) is 17.5. The average Bonchev–Trinajstić information content (AvgIpc) is 3.16. The summed E-state index contributed by atoms with van der Waals surface area (Å²) in [6, 6.07) is 14.2. The Morgan fingerprint density at radius 1 is 1.18 bits per heavy atom. The van der Waals surface area contributed by atoms with Gasteiger partial charge in [0.25, 0.3) is 5.91 Å². The van der Waals surface area contributed by atoms with E-state index in [1.165, 1.54) is 10.4 Å². The van der Waals surface area contributed by atoms with E-state index in [1.807, 2.05) is 43.0 Å². The fourth-order valence-corrected chi connectivity index (χ4v) is 5.30. The summed E-state index contributed by atoms with van der Waals surface area (Å²) < 4.78 is 27.9. The highest BCUT2D eigenvalue weighted by molar-refractivity contribution is 9.10. The van der Waals surface area contributed by atoms with Crippen LogP contribution in [0.1, 0.15) is 48.7 Å². The molecule has 1 amide bonds. The Labute approximate surface area is 175 Å². The van der Waals surface area contributed by atoms with Crippen LogP contribution in [0.2, 0.25) is 0 Å². The number of nitrogens with zero attached hydrogens (tertiary/aromatic N) is 2. The Hall–Kier alpha value is -1.70. The van der Waals surface area contributed by atoms with Crippen LogP contribution < -0.4 is 0 Å². The molecule has 1 heterocycles. The van der Waals surface area contributed by atoms with Gasteiger partial charge in [-0.05, 0) is 62.6 Å². The number of carbonyl (C=O) groups is 1. The maximum absolute atomic E-state index is 13.2. The van der Waals surface area contributed by atoms with Crippen molar-refractivity contribution >= 4 is 31.9 Å². The minimum Gasteiger partial charge on any atom is -0.332 e. The summed E-state index contributed by atoms with van der Waals surface area (Å²) >= 11 is 3.49. The van der Waals surface area contributed by atoms with Crippen LogP contribution in [0.5, 0.6) is 0 Å². The Kier molecular flexibility index (Phi) is 6.27. The zero-order valence-electron chi connectivity index (χ0n) is 16.3. The molecular formula is C21H25BrN2O3S. The van der Waals surface area contributed by atoms with Gasteiger partial charge < -0.3 is 4.90 Å². The second kappa shape index (κ2) is 8.35. The molecule has 0 radical (unpaired) electrons. The summed E-state index contributed by atoms with van der Waals surface area (Å²) in [5, 5.41) is 0. The predicted molar refractivity (Wildman–Crippen MR) is 114 cm³/mol. The van der Waals surface area contributed by atoms with Crippen molar-refractivity contribution in [1.29, 1.82) is 0 Å². The highest BCUT2D eigenvalue weighted by Gasteiger charge is 2.31. The summed E-state index contributed by atoms with van der Waals surface area (Å²) in [6.07, 6.45) is 1.83. The molecule has 0 N–H and O–H groups in total. The smallest absolute Gasteiger partial charge is 0.254 e. The predicted octanol–water partition coefficient (Wildman–Crippen LogP) is 4.46. The number of hydrogen-bond donors (Lipinski definition) is 0. The topological polar surface area (TPSA) is 57.7 Å². The molecule has 0 spiro atoms. The molecule has 1 atom stereocenters. The van der Waals surface area contributed by atoms with Crippen molar-refractivity contribution in [1.82, 2.24) is 9.21 Å². The van der Waals surface area contributed by atoms with E-state index in [0.29, 0.717) is 12.1 Å². The number of halogens is 1. The van der Waals surface area contributed by atoms with Gasteiger partial charge in [0.1, 0.15) is 0 Å². The molecule has 150 valence electrons. The number of sulfonamides is 1. The van der Waals surface area contributed by atoms with Crippen molar-refractivity contribution in [2.45, 2.75) is 43.7 Å². The van der Waals surface area contributed by atoms with Gasteiger partial charge in [-0.1, -0.05) is 34.1 Å². The van der Waals surface area contributed by atoms with Crippen molar-refractivity contribution < 1.29 is 13.2 Å². The fraction of sp³-hybridized carbons (Fsp3) is 0.381. The molecule has 0 aromatic heterocycles. The lowest BCUT2D eigenvalue weighted by Gasteiger charge is -2.26. The Morgan fingerprint density at radius 3 is 2.57 bits per heavy atom. The zero-order chi connectivity index (χ0) is 20.5. The second-order valence-electron chi connectivity index (χ2n) is 7.35. The van der Waals surface area contributed by atoms with E-state index >= 15 is 0 Å². The van der Waals surface area contributed by atoms with Crippen molar-refractivity contribution in [3.05, 3.63) is 64.1 Å². The molecule has 1 aliphatic heterocycles. The van der Waals surface area contributed by atoms with Gasteiger partial charge in [0.2, 0.25) is 10.0 Å². The number of rotatable bonds is 5. The lowest BCUT2D eigenvalue weighted by molar-refractivity contribution is 0.0735. The van der Waals surface area contributed by atoms with Gasteiger partial charge in [0, 0.05) is 29.7 Å². The van der Waals surface area contributed by atoms with Crippen LogP contribution in [0.4, 0.5) is 0 Å². The first-order valence-electron chi connectivity index (χ1n) is 9.36. The second-order valence-corrected chi connectivity index (χ2v) is 10.3. The molecule has 1 fully saturated rings. The summed E-state index contributed by atoms with van der Waals surface area (Å²) in [4.78, 5) is 15.2. The van der Waals surface area contributed by atoms with Gasteiger partial charge in [0.05, 0.1) is 10.9 Å². The van der Waals surface area contributed by atoms with Crippen LogP contribution in [0.15, 0.2) is 57.9 Å². The SMILES string of the molecule is CC(C)N(C)S(=O)(=O)c1cccc(C(=O)N2CCCC2c2cccc(Br)c2)c1. The third kappa shape index (κ3) is 4.16. The van der Waals surface area contributed by atoms with Gasteiger partial charge in [0.15, 0.2) is 0 Å². The first-order chi connectivity index (χ1) is 13.2. The first kappa shape index (κ1) is 21.0. The Balaban J connectivity index is 1.91. The first-order valence-corrected chi connectivity index (χ1v) is 11.6. The highest BCUT2D eigenvalue weighted by Crippen LogP contribution is 2.34. The van der Waals surface area contributed by atoms with E-state index < -0.39 is 10.0 Å². The number of carbonyl (C=O) groups excluding carboxylic acids is 1. The van der Waals surface area contributed by atoms with E-state index in [2.05, 4.69) is 15.9 Å². The molecule has 2 aromatic rings. The van der Waals surface area contributed by atoms with Crippen molar-refractivity contribution in [2.75, 3.05) is 13.6 Å². The molecule has 0 saturated carbocycles. The van der Waals surface area contributed by atoms with Crippen LogP contribution >= 0.6 is 15.9 Å². The van der Waals surface area contributed by atoms with Crippen LogP contribution in [0, 0.1) is 0 Å². The number of benzene rings is 2. The van der Waals surface area contributed by atoms with Crippen molar-refractivity contribution in [3.8, 4) is 0 Å². The molecule has 1 saturated heterocycles. The number of hydrogen-bond acceptors (Lipinski definition) is 3. The minimum atomic E-state index is -3.63. The van der Waals surface area contributed by atoms with Crippen LogP contribution in [-0.4, -0.2) is 43.2 Å². The van der Waals surface area contributed by atoms with E-state index in [4.69, 9.17) is 0 Å². The minimum absolute atomic E-state index is 0.00333. The highest BCUT2D eigenvalue weighted by atomic mass is 79.9. The standard InChI is InChI=1S/C21H25BrN2O3S/c1-15(2)23(3)28(26,27)19-10-5-8-17(14-19)21(25)24-12-6-11-20(24)16-7-4-9-18(22)13-16/h4-5,7-10,13-15,20H,6,11-12H2,1-3H3. The van der Waals surface area contributed by atoms with Gasteiger partial charge in [-0.15, -0.1) is 0 Å². The van der Waals surface area contributed by atoms with Crippen LogP contribution in [-0.2, 0) is 10.0 Å². The third-order valence-electron chi connectivity index (χ3n) is 5.23. The molecule has 28 heavy (non-hydrogen) atoms. The van der Waals surface area contributed by atoms with Gasteiger partial charge in [-0.3, -0.25) is 4.79 Å². The zero-order valence-corrected chi connectivity index (χ0v) is 18.7. The van der Waals surface area contributed by atoms with Gasteiger partial charge in [-0.25, -0.2) is 8.42 Å². The molecule has 1 aliphatic rings. The summed E-state index contributed by atoms with van der Waals surface area (Å²) in [5.41, 5.74) is 1.49. The molecule has 7 heteroatoms. The van der Waals surface area contributed by atoms with Gasteiger partial charge >= 0.3 is 0 Å². The Morgan fingerprint density at radius 2 is 1.89 bits per heavy atom. The van der Waals surface area contributed by atoms with Crippen LogP contribution in [0.25, 0.3) is 0 Å². The monoisotopic (exact) mass is 464 g/mol. The number of amides is 1. The maximum Gasteiger partial charge on any atom is 0.254 e. The molecule has 1 unspecified atom stereocenters. The molecule has 0 bridgehead atoms. The van der Waals surface area contributed by atoms with E-state index in [0.717, 1.165) is 22.9 Å². The van der Waals surface area contributed by atoms with E-state index in [1.54, 1.807) is 25.2 Å². The lowest BCUT2D eigenvalue weighted by Crippen LogP contribution is -2.33. The summed E-state index contributed by atoms with van der Waals surface area (Å²) in [5.74, 6) is -0.133. The Bertz CT molecular complexity index is 975. The van der Waals surface area contributed by atoms with Crippen molar-refractivity contribution in [3.63, 3.8) is 0 Å². The van der Waals surface area contributed by atoms with Crippen LogP contribution in [0.3, 0.4) is 0 Å². The molecule has 5 nitrogen and oxygen atoms in total. The molecular weight excluding hydrogens is 440 g/mol. The maximum atomic E-state index is 13.2. The van der Waals surface area contributed by atoms with E-state index in [-0.39, 0.29) is 22.9 Å². The quantitative estimate of drug-likeness (QED) is 0.656. The summed E-state index contributed by atoms with van der Waals surface area (Å²) in [7, 11) is -2.08.